The fourth-order valence-corrected chi connectivity index (χ4v) is 12.3. The van der Waals surface area contributed by atoms with Gasteiger partial charge in [-0.15, -0.1) is 0 Å². The van der Waals surface area contributed by atoms with Crippen LogP contribution in [-0.4, -0.2) is 265 Å². The van der Waals surface area contributed by atoms with Crippen LogP contribution in [0.1, 0.15) is 172 Å². The highest BCUT2D eigenvalue weighted by Crippen LogP contribution is 2.36. The molecule has 21 N–H and O–H groups in total. The first-order valence-electron chi connectivity index (χ1n) is 31.5. The number of carbonyl (C=O) groups excluding carboxylic acids is 2. The standard InChI is InChI=1S/C62H115NO24/c1-12-13-14-15-16-17-18-19-38(64)28-62(86)60(84)59(83)57(81)47(87-62)27-46(72)56(80)58(82)55(79)45(71)25-40(66)23-39(65)24-41(67)32(5)50(74)33(6)42(68)26-43(69)34(7)51(75)35(8)52(76)36(9)53(77)44(70)22-30(3)20-29(2)21-31(4)49(73)48-54(78)37(10)63(11)61(48)85/h21,29-30,32-47,50-53,55-60,64-77,79-84,86H,12-20,22-28H2,1-11H3/b31-21+,49-48+/t29-,30+,32-,33-,34-,35+,36-,37+,38+,39+,40-,41+,42-,43+,44+,45-,46+,47+,50+,51+,52+,53-,55+,56-,57+,58-,59-,60-,62-/m0/s1. The molecule has 1 amide bonds. The van der Waals surface area contributed by atoms with E-state index in [-0.39, 0.29) is 36.7 Å². The van der Waals surface area contributed by atoms with Gasteiger partial charge in [-0.3, -0.25) is 9.59 Å². The van der Waals surface area contributed by atoms with E-state index in [2.05, 4.69) is 6.92 Å². The molecule has 0 unspecified atom stereocenters. The van der Waals surface area contributed by atoms with Crippen molar-refractivity contribution in [1.82, 2.24) is 4.90 Å². The maximum absolute atomic E-state index is 12.6. The first-order chi connectivity index (χ1) is 40.3. The highest BCUT2D eigenvalue weighted by Gasteiger charge is 2.54. The van der Waals surface area contributed by atoms with Crippen molar-refractivity contribution in [3.63, 3.8) is 0 Å². The monoisotopic (exact) mass is 1260 g/mol. The molecule has 87 heavy (non-hydrogen) atoms. The average molecular weight is 1260 g/mol. The number of hydrogen-bond donors (Lipinski definition) is 21. The van der Waals surface area contributed by atoms with Gasteiger partial charge in [0.05, 0.1) is 91.5 Å². The number of carbonyl (C=O) groups is 2. The van der Waals surface area contributed by atoms with Crippen molar-refractivity contribution in [2.24, 2.45) is 41.4 Å². The summed E-state index contributed by atoms with van der Waals surface area (Å²) in [6, 6.07) is -0.694. The zero-order valence-corrected chi connectivity index (χ0v) is 53.1. The van der Waals surface area contributed by atoms with Crippen LogP contribution in [0.4, 0.5) is 0 Å². The summed E-state index contributed by atoms with van der Waals surface area (Å²) in [7, 11) is 1.48. The lowest BCUT2D eigenvalue weighted by Gasteiger charge is -2.47. The van der Waals surface area contributed by atoms with E-state index in [4.69, 9.17) is 4.74 Å². The lowest BCUT2D eigenvalue weighted by atomic mass is 9.77. The summed E-state index contributed by atoms with van der Waals surface area (Å²) in [5.41, 5.74) is 0.0730. The number of aliphatic hydroxyl groups is 21. The van der Waals surface area contributed by atoms with Crippen molar-refractivity contribution in [3.05, 3.63) is 23.0 Å². The number of ether oxygens (including phenoxy) is 1. The van der Waals surface area contributed by atoms with Crippen LogP contribution < -0.4 is 0 Å². The summed E-state index contributed by atoms with van der Waals surface area (Å²) in [6.45, 7) is 16.3. The summed E-state index contributed by atoms with van der Waals surface area (Å²) in [6.07, 6.45) is -28.2. The second-order valence-corrected chi connectivity index (χ2v) is 26.4. The number of rotatable bonds is 41. The van der Waals surface area contributed by atoms with Gasteiger partial charge in [-0.25, -0.2) is 0 Å². The van der Waals surface area contributed by atoms with E-state index in [1.165, 1.54) is 46.6 Å². The van der Waals surface area contributed by atoms with E-state index in [0.29, 0.717) is 18.4 Å². The molecule has 25 heteroatoms. The number of ketones is 1. The number of allylic oxidation sites excluding steroid dienone is 2. The number of amides is 1. The zero-order valence-electron chi connectivity index (χ0n) is 53.1. The Balaban J connectivity index is 1.88. The second kappa shape index (κ2) is 37.3. The maximum atomic E-state index is 12.6. The smallest absolute Gasteiger partial charge is 0.261 e. The lowest BCUT2D eigenvalue weighted by molar-refractivity contribution is -0.356. The molecule has 0 saturated carbocycles. The first-order valence-corrected chi connectivity index (χ1v) is 31.5. The zero-order chi connectivity index (χ0) is 66.9. The maximum Gasteiger partial charge on any atom is 0.261 e. The predicted molar refractivity (Wildman–Crippen MR) is 318 cm³/mol. The van der Waals surface area contributed by atoms with Crippen LogP contribution in [0, 0.1) is 41.4 Å². The number of likely N-dealkylation sites (N-methyl/N-ethyl adjacent to an activating group) is 1. The fraction of sp³-hybridized carbons (Fsp3) is 0.903. The molecular weight excluding hydrogens is 1140 g/mol. The largest absolute Gasteiger partial charge is 0.507 e. The molecule has 25 nitrogen and oxygen atoms in total. The van der Waals surface area contributed by atoms with Crippen molar-refractivity contribution in [2.45, 2.75) is 306 Å². The summed E-state index contributed by atoms with van der Waals surface area (Å²) in [4.78, 5) is 26.4. The van der Waals surface area contributed by atoms with E-state index in [1.807, 2.05) is 13.8 Å². The summed E-state index contributed by atoms with van der Waals surface area (Å²) in [5, 5.41) is 229. The first kappa shape index (κ1) is 80.7. The quantitative estimate of drug-likeness (QED) is 0.0148. The number of Topliss-reactive ketones (excluding diaryl/α,β-unsaturated/α-hetero) is 1. The van der Waals surface area contributed by atoms with Crippen molar-refractivity contribution in [3.8, 4) is 0 Å². The minimum absolute atomic E-state index is 0.112. The molecule has 2 aliphatic rings. The van der Waals surface area contributed by atoms with E-state index in [9.17, 15) is 117 Å². The van der Waals surface area contributed by atoms with Gasteiger partial charge in [0.2, 0.25) is 0 Å². The van der Waals surface area contributed by atoms with Crippen LogP contribution in [0.3, 0.4) is 0 Å². The predicted octanol–water partition coefficient (Wildman–Crippen LogP) is -1.17. The Bertz CT molecular complexity index is 2050. The van der Waals surface area contributed by atoms with Gasteiger partial charge < -0.3 is 117 Å². The van der Waals surface area contributed by atoms with Gasteiger partial charge in [0, 0.05) is 55.9 Å². The van der Waals surface area contributed by atoms with Crippen LogP contribution in [0.5, 0.6) is 0 Å². The van der Waals surface area contributed by atoms with Gasteiger partial charge in [0.15, 0.2) is 11.6 Å². The fourth-order valence-electron chi connectivity index (χ4n) is 12.3. The molecule has 0 aliphatic carbocycles. The van der Waals surface area contributed by atoms with Crippen molar-refractivity contribution in [1.29, 1.82) is 0 Å². The molecule has 0 aromatic rings. The third kappa shape index (κ3) is 23.3. The minimum Gasteiger partial charge on any atom is -0.507 e. The Hall–Kier alpha value is -2.42. The number of hydrogen-bond acceptors (Lipinski definition) is 24. The van der Waals surface area contributed by atoms with Crippen LogP contribution in [-0.2, 0) is 14.3 Å². The van der Waals surface area contributed by atoms with E-state index in [1.54, 1.807) is 19.9 Å². The molecule has 2 aliphatic heterocycles. The van der Waals surface area contributed by atoms with Crippen LogP contribution in [0.2, 0.25) is 0 Å². The number of likely N-dealkylation sites (tertiary alicyclic amines) is 1. The molecule has 2 saturated heterocycles. The van der Waals surface area contributed by atoms with Crippen molar-refractivity contribution >= 4 is 11.7 Å². The average Bonchev–Trinajstić information content (AvgIpc) is 2.13. The third-order valence-corrected chi connectivity index (χ3v) is 18.8. The molecule has 0 spiro atoms. The van der Waals surface area contributed by atoms with Gasteiger partial charge in [0.1, 0.15) is 48.0 Å². The summed E-state index contributed by atoms with van der Waals surface area (Å²) < 4.78 is 5.50. The minimum atomic E-state index is -2.59. The molecule has 0 radical (unpaired) electrons. The van der Waals surface area contributed by atoms with Crippen LogP contribution >= 0.6 is 0 Å². The van der Waals surface area contributed by atoms with Gasteiger partial charge >= 0.3 is 0 Å². The summed E-state index contributed by atoms with van der Waals surface area (Å²) in [5.74, 6) is -9.32. The molecule has 512 valence electrons. The number of aliphatic hydroxyl groups excluding tert-OH is 20. The Morgan fingerprint density at radius 1 is 0.540 bits per heavy atom. The topological polar surface area (TPSA) is 471 Å². The van der Waals surface area contributed by atoms with Gasteiger partial charge in [0.25, 0.3) is 5.91 Å². The second-order valence-electron chi connectivity index (χ2n) is 26.4. The Labute approximate surface area is 513 Å². The third-order valence-electron chi connectivity index (χ3n) is 18.8. The number of unbranched alkanes of at least 4 members (excludes halogenated alkanes) is 6. The van der Waals surface area contributed by atoms with Crippen LogP contribution in [0.25, 0.3) is 0 Å². The molecule has 0 aromatic heterocycles. The molecule has 0 aromatic carbocycles. The Morgan fingerprint density at radius 3 is 1.51 bits per heavy atom. The molecule has 2 rings (SSSR count). The van der Waals surface area contributed by atoms with E-state index < -0.39 is 213 Å². The molecule has 0 bridgehead atoms. The van der Waals surface area contributed by atoms with Crippen molar-refractivity contribution < 1.29 is 122 Å². The normalized spacial score (nSPS) is 29.4. The molecule has 2 fully saturated rings. The molecule has 29 atom stereocenters. The molecule has 2 heterocycles. The van der Waals surface area contributed by atoms with E-state index in [0.717, 1.165) is 38.5 Å². The van der Waals surface area contributed by atoms with E-state index >= 15 is 0 Å². The molecular formula is C62H115NO24. The lowest BCUT2D eigenvalue weighted by Crippen LogP contribution is -2.65. The van der Waals surface area contributed by atoms with Crippen LogP contribution in [0.15, 0.2) is 23.0 Å². The van der Waals surface area contributed by atoms with Crippen molar-refractivity contribution in [2.75, 3.05) is 7.05 Å². The highest BCUT2D eigenvalue weighted by atomic mass is 16.7. The van der Waals surface area contributed by atoms with Gasteiger partial charge in [-0.05, 0) is 69.8 Å². The SMILES string of the molecule is CCCCCCCCC[C@@H](O)C[C@]1(O)O[C@H](C[C@@H](O)[C@H](O)[C@@H](O)[C@H](O)[C@@H](O)C[C@@H](O)C[C@@H](O)C[C@@H](O)[C@H](C)[C@@H](O)[C@@H](C)[C@@H](O)C[C@@H](O)[C@H](C)[C@@H](O)[C@@H](C)[C@@H](O)[C@H](C)[C@H](O)[C@H](O)C[C@H](C)C[C@H](C)/C=C(C)/C(O)=C2/C(=O)[C@@H](C)N(C)C2=O)[C@@H](O)[C@H](O)[C@@H]1O. The highest BCUT2D eigenvalue weighted by molar-refractivity contribution is 6.26. The Morgan fingerprint density at radius 2 is 0.989 bits per heavy atom. The van der Waals surface area contributed by atoms with Gasteiger partial charge in [-0.1, -0.05) is 106 Å². The number of nitrogens with zero attached hydrogens (tertiary/aromatic N) is 1. The summed E-state index contributed by atoms with van der Waals surface area (Å²) >= 11 is 0. The van der Waals surface area contributed by atoms with Gasteiger partial charge in [-0.2, -0.15) is 0 Å². The Kier molecular flexibility index (Phi) is 34.6.